The average Bonchev–Trinajstić information content (AvgIpc) is 3.35. The first kappa shape index (κ1) is 65.6. The molecule has 1 saturated heterocycles. The largest absolute Gasteiger partial charge is 0.481 e. The molecule has 75 heavy (non-hydrogen) atoms. The van der Waals surface area contributed by atoms with Gasteiger partial charge in [-0.05, 0) is 76.7 Å². The minimum atomic E-state index is -5.72. The number of hydrogen-bond donors (Lipinski definition) is 8. The molecule has 23 heteroatoms. The molecule has 0 saturated carbocycles. The monoisotopic (exact) mass is 1100 g/mol. The average molecular weight is 1100 g/mol. The predicted octanol–water partition coefficient (Wildman–Crippen LogP) is 7.49. The number of esters is 2. The number of hydrogen-bond acceptors (Lipinski definition) is 18. The molecule has 3 rings (SSSR count). The summed E-state index contributed by atoms with van der Waals surface area (Å²) in [5.41, 5.74) is 4.78. The highest BCUT2D eigenvalue weighted by Gasteiger charge is 2.45. The van der Waals surface area contributed by atoms with E-state index >= 15 is 0 Å². The molecule has 1 fully saturated rings. The van der Waals surface area contributed by atoms with Gasteiger partial charge in [-0.25, -0.2) is 13.9 Å². The van der Waals surface area contributed by atoms with Gasteiger partial charge in [-0.2, -0.15) is 9.29 Å². The number of allylic oxidation sites excluding steroid dienone is 8. The lowest BCUT2D eigenvalue weighted by Gasteiger charge is -2.40. The molecule has 3 heterocycles. The van der Waals surface area contributed by atoms with E-state index in [0.717, 1.165) is 55.9 Å². The van der Waals surface area contributed by atoms with Gasteiger partial charge >= 0.3 is 33.3 Å². The number of phosphoric acid groups is 2. The third kappa shape index (κ3) is 27.0. The molecule has 0 spiro atoms. The molecule has 0 amide bonds. The summed E-state index contributed by atoms with van der Waals surface area (Å²) in [6.07, 6.45) is 19.8. The third-order valence-electron chi connectivity index (χ3n) is 12.6. The zero-order valence-electron chi connectivity index (χ0n) is 43.7. The Morgan fingerprint density at radius 1 is 0.840 bits per heavy atom. The summed E-state index contributed by atoms with van der Waals surface area (Å²) in [6, 6.07) is 1.24. The number of carbonyl (C=O) groups excluding carboxylic acids is 2. The first-order valence-corrected chi connectivity index (χ1v) is 29.5. The molecule has 2 bridgehead atoms. The first-order chi connectivity index (χ1) is 35.9. The Balaban J connectivity index is 1.78. The van der Waals surface area contributed by atoms with Gasteiger partial charge in [0.25, 0.3) is 0 Å². The molecule has 1 aromatic rings. The molecule has 1 aromatic heterocycles. The Hall–Kier alpha value is -3.66. The van der Waals surface area contributed by atoms with E-state index < -0.39 is 120 Å². The number of aliphatic hydroxyl groups excluding tert-OH is 5. The number of fused-ring (bicyclic) bond motifs is 3. The summed E-state index contributed by atoms with van der Waals surface area (Å²) in [5, 5.41) is 57.5. The van der Waals surface area contributed by atoms with Crippen LogP contribution < -0.4 is 11.4 Å². The summed E-state index contributed by atoms with van der Waals surface area (Å²) in [7, 11) is -11.3. The minimum Gasteiger partial charge on any atom is -0.462 e. The van der Waals surface area contributed by atoms with E-state index in [0.29, 0.717) is 32.1 Å². The first-order valence-electron chi connectivity index (χ1n) is 26.6. The Morgan fingerprint density at radius 2 is 1.48 bits per heavy atom. The number of carbonyl (C=O) groups is 2. The predicted molar refractivity (Wildman–Crippen MR) is 281 cm³/mol. The molecule has 0 aliphatic carbocycles. The van der Waals surface area contributed by atoms with Crippen molar-refractivity contribution in [3.8, 4) is 0 Å². The van der Waals surface area contributed by atoms with Gasteiger partial charge in [0.05, 0.1) is 37.6 Å². The number of nitrogen functional groups attached to an aromatic ring is 1. The standard InChI is InChI=1S/C52H85N3O18P2/c1-3-5-7-8-9-10-11-12-13-14-15-16-17-18-19-20-26-30-48(60)71-40-36-68-47(59)29-25-22-21-24-28-42-44(58)35-43(57)41(32-31-39(56)27-23-6-4-2)49(61)50(62)45(38-70-75(66,67)73-74(64,65)69-37-40)72-51(42)55-34-33-46(53)54-52(55)63/h9-10,12-13,15-16,21,24,31-34,39-45,49-51,56-58,61-62H,3-8,11,14,17-20,22-23,25-30,35-38H2,1-2H3,(H,64,65)(H,66,67)(H2,53,54,63)/b10-9-,13-12-,16-15-,24-21-,32-31+/t39-,40+,41-,42-,43+,44-,45+,49-,50+,51+/m0/s1. The van der Waals surface area contributed by atoms with Gasteiger partial charge in [0.2, 0.25) is 0 Å². The number of nitrogens with two attached hydrogens (primary N) is 1. The fraction of sp³-hybridized carbons (Fsp3) is 0.692. The SMILES string of the molecule is CCCCC/C=C\C/C=C\C/C=C\CCCCCCC(=O)O[C@@H]1COC(=O)CCC/C=C\C[C@@H]2[C@H](n3ccc(N)nc3=O)O[C@H](COP(=O)(O)OP(=O)(O)OC1)[C@@H](O)[C@@H](O)[C@@H](/C=C/[C@@H](O)CCCCC)[C@H](O)C[C@@H]2O. The number of ether oxygens (including phenoxy) is 3. The van der Waals surface area contributed by atoms with Gasteiger partial charge < -0.3 is 55.3 Å². The maximum atomic E-state index is 13.4. The number of aromatic nitrogens is 2. The van der Waals surface area contributed by atoms with E-state index in [1.165, 1.54) is 43.7 Å². The number of rotatable bonds is 23. The maximum Gasteiger partial charge on any atom is 0.481 e. The second kappa shape index (κ2) is 36.4. The zero-order valence-corrected chi connectivity index (χ0v) is 45.4. The maximum absolute atomic E-state index is 13.4. The van der Waals surface area contributed by atoms with Gasteiger partial charge in [0.1, 0.15) is 30.9 Å². The lowest BCUT2D eigenvalue weighted by Crippen LogP contribution is -2.52. The second-order valence-corrected chi connectivity index (χ2v) is 22.0. The van der Waals surface area contributed by atoms with Crippen LogP contribution in [0.15, 0.2) is 77.8 Å². The zero-order chi connectivity index (χ0) is 55.1. The lowest BCUT2D eigenvalue weighted by atomic mass is 9.82. The number of aliphatic hydroxyl groups is 5. The van der Waals surface area contributed by atoms with E-state index in [2.05, 4.69) is 52.7 Å². The van der Waals surface area contributed by atoms with Gasteiger partial charge in [-0.15, -0.1) is 0 Å². The van der Waals surface area contributed by atoms with Crippen LogP contribution in [-0.2, 0) is 46.3 Å². The molecule has 0 aromatic carbocycles. The van der Waals surface area contributed by atoms with Crippen LogP contribution >= 0.6 is 15.6 Å². The van der Waals surface area contributed by atoms with E-state index in [-0.39, 0.29) is 31.5 Å². The molecule has 12 atom stereocenters. The Bertz CT molecular complexity index is 2120. The van der Waals surface area contributed by atoms with Crippen molar-refractivity contribution >= 4 is 33.4 Å². The molecule has 426 valence electrons. The number of anilines is 1. The molecular formula is C52H85N3O18P2. The number of unbranched alkanes of at least 4 members (excludes halogenated alkanes) is 9. The summed E-state index contributed by atoms with van der Waals surface area (Å²) in [4.78, 5) is 64.3. The smallest absolute Gasteiger partial charge is 0.462 e. The fourth-order valence-corrected chi connectivity index (χ4v) is 10.5. The second-order valence-electron chi connectivity index (χ2n) is 19.0. The fourth-order valence-electron chi connectivity index (χ4n) is 8.36. The van der Waals surface area contributed by atoms with Crippen LogP contribution in [0.3, 0.4) is 0 Å². The van der Waals surface area contributed by atoms with Crippen molar-refractivity contribution < 1.29 is 81.6 Å². The summed E-state index contributed by atoms with van der Waals surface area (Å²) in [6.45, 7) is 1.43. The third-order valence-corrected chi connectivity index (χ3v) is 15.2. The number of phosphoric ester groups is 2. The van der Waals surface area contributed by atoms with E-state index in [4.69, 9.17) is 29.0 Å². The van der Waals surface area contributed by atoms with Crippen molar-refractivity contribution in [3.63, 3.8) is 0 Å². The van der Waals surface area contributed by atoms with Gasteiger partial charge in [-0.3, -0.25) is 23.2 Å². The summed E-state index contributed by atoms with van der Waals surface area (Å²) >= 11 is 0. The molecule has 2 aliphatic heterocycles. The molecule has 9 N–H and O–H groups in total. The normalized spacial score (nSPS) is 30.4. The van der Waals surface area contributed by atoms with Gasteiger partial charge in [0.15, 0.2) is 6.10 Å². The Morgan fingerprint density at radius 3 is 2.16 bits per heavy atom. The van der Waals surface area contributed by atoms with Gasteiger partial charge in [0, 0.05) is 37.3 Å². The van der Waals surface area contributed by atoms with Crippen molar-refractivity contribution in [2.75, 3.05) is 25.6 Å². The number of nitrogens with zero attached hydrogens (tertiary/aromatic N) is 2. The van der Waals surface area contributed by atoms with Crippen molar-refractivity contribution in [1.82, 2.24) is 9.55 Å². The van der Waals surface area contributed by atoms with Crippen LogP contribution in [-0.4, -0.2) is 119 Å². The molecule has 21 nitrogen and oxygen atoms in total. The van der Waals surface area contributed by atoms with Crippen molar-refractivity contribution in [1.29, 1.82) is 0 Å². The van der Waals surface area contributed by atoms with Crippen LogP contribution in [0.4, 0.5) is 5.82 Å². The van der Waals surface area contributed by atoms with Gasteiger partial charge in [-0.1, -0.05) is 120 Å². The van der Waals surface area contributed by atoms with Crippen molar-refractivity contribution in [2.45, 2.75) is 198 Å². The van der Waals surface area contributed by atoms with E-state index in [1.54, 1.807) is 12.2 Å². The van der Waals surface area contributed by atoms with Crippen LogP contribution in [0.5, 0.6) is 0 Å². The molecule has 2 aliphatic rings. The van der Waals surface area contributed by atoms with E-state index in [9.17, 15) is 58.8 Å². The summed E-state index contributed by atoms with van der Waals surface area (Å²) in [5.74, 6) is -4.19. The molecular weight excluding hydrogens is 1020 g/mol. The molecule has 0 radical (unpaired) electrons. The number of cyclic esters (lactones) is 1. The minimum absolute atomic E-state index is 0.0273. The van der Waals surface area contributed by atoms with E-state index in [1.807, 2.05) is 6.92 Å². The highest BCUT2D eigenvalue weighted by molar-refractivity contribution is 7.61. The summed E-state index contributed by atoms with van der Waals surface area (Å²) < 4.78 is 59.1. The van der Waals surface area contributed by atoms with Crippen molar-refractivity contribution in [3.05, 3.63) is 83.5 Å². The lowest BCUT2D eigenvalue weighted by molar-refractivity contribution is -0.194. The van der Waals surface area contributed by atoms with Crippen LogP contribution in [0.1, 0.15) is 155 Å². The highest BCUT2D eigenvalue weighted by atomic mass is 31.3. The molecule has 2 unspecified atom stereocenters. The quantitative estimate of drug-likeness (QED) is 0.0228. The highest BCUT2D eigenvalue weighted by Crippen LogP contribution is 2.60. The van der Waals surface area contributed by atoms with Crippen LogP contribution in [0.25, 0.3) is 0 Å². The van der Waals surface area contributed by atoms with Crippen molar-refractivity contribution in [2.24, 2.45) is 11.8 Å². The Labute approximate surface area is 441 Å². The van der Waals surface area contributed by atoms with Crippen LogP contribution in [0.2, 0.25) is 0 Å². The topological polar surface area (TPSA) is 326 Å². The van der Waals surface area contributed by atoms with Crippen LogP contribution in [0, 0.1) is 11.8 Å². The Kier molecular flexibility index (Phi) is 31.9.